The Labute approximate surface area is 135 Å². The lowest BCUT2D eigenvalue weighted by molar-refractivity contribution is -0.117. The van der Waals surface area contributed by atoms with E-state index in [0.29, 0.717) is 17.3 Å². The van der Waals surface area contributed by atoms with Gasteiger partial charge in [-0.3, -0.25) is 9.69 Å². The second-order valence-corrected chi connectivity index (χ2v) is 5.58. The van der Waals surface area contributed by atoms with Crippen LogP contribution in [0.5, 0.6) is 0 Å². The number of nitrogens with zero attached hydrogens (tertiary/aromatic N) is 4. The second-order valence-electron chi connectivity index (χ2n) is 5.14. The summed E-state index contributed by atoms with van der Waals surface area (Å²) in [6, 6.07) is 5.26. The molecule has 0 aliphatic heterocycles. The fourth-order valence-corrected chi connectivity index (χ4v) is 2.25. The largest absolute Gasteiger partial charge is 0.323 e. The van der Waals surface area contributed by atoms with Gasteiger partial charge in [-0.05, 0) is 38.2 Å². The van der Waals surface area contributed by atoms with Crippen LogP contribution in [-0.4, -0.2) is 45.7 Å². The third-order valence-corrected chi connectivity index (χ3v) is 3.44. The molecular weight excluding hydrogens is 302 g/mol. The fraction of sp³-hybridized carbons (Fsp3) is 0.400. The van der Waals surface area contributed by atoms with E-state index in [2.05, 4.69) is 22.3 Å². The number of amides is 1. The highest BCUT2D eigenvalue weighted by atomic mass is 35.5. The Hall–Kier alpha value is -1.92. The Morgan fingerprint density at radius 2 is 2.27 bits per heavy atom. The summed E-state index contributed by atoms with van der Waals surface area (Å²) in [6.45, 7) is 3.36. The van der Waals surface area contributed by atoms with Crippen LogP contribution in [0, 0.1) is 0 Å². The summed E-state index contributed by atoms with van der Waals surface area (Å²) in [7, 11) is 1.94. The molecule has 0 saturated carbocycles. The third-order valence-electron chi connectivity index (χ3n) is 3.21. The number of likely N-dealkylation sites (N-methyl/N-ethyl adjacent to an activating group) is 1. The molecule has 0 bridgehead atoms. The van der Waals surface area contributed by atoms with Gasteiger partial charge in [-0.1, -0.05) is 24.9 Å². The third kappa shape index (κ3) is 4.54. The van der Waals surface area contributed by atoms with Crippen molar-refractivity contribution in [3.63, 3.8) is 0 Å². The van der Waals surface area contributed by atoms with Gasteiger partial charge in [-0.2, -0.15) is 5.10 Å². The highest BCUT2D eigenvalue weighted by Crippen LogP contribution is 2.23. The number of rotatable bonds is 7. The van der Waals surface area contributed by atoms with Crippen LogP contribution in [-0.2, 0) is 4.79 Å². The van der Waals surface area contributed by atoms with Crippen molar-refractivity contribution in [2.24, 2.45) is 0 Å². The standard InChI is InChI=1S/C15H20ClN5O/c1-3-4-7-20(2)9-15(22)19-13-8-12(16)5-6-14(13)21-11-17-10-18-21/h5-6,8,10-11H,3-4,7,9H2,1-2H3,(H,19,22). The quantitative estimate of drug-likeness (QED) is 0.851. The van der Waals surface area contributed by atoms with Gasteiger partial charge in [0.15, 0.2) is 0 Å². The van der Waals surface area contributed by atoms with Crippen LogP contribution in [0.15, 0.2) is 30.9 Å². The lowest BCUT2D eigenvalue weighted by Crippen LogP contribution is -2.31. The summed E-state index contributed by atoms with van der Waals surface area (Å²) in [5, 5.41) is 7.53. The highest BCUT2D eigenvalue weighted by molar-refractivity contribution is 6.31. The maximum Gasteiger partial charge on any atom is 0.238 e. The van der Waals surface area contributed by atoms with Crippen molar-refractivity contribution < 1.29 is 4.79 Å². The van der Waals surface area contributed by atoms with Crippen molar-refractivity contribution in [3.8, 4) is 5.69 Å². The number of carbonyl (C=O) groups is 1. The molecule has 1 heterocycles. The molecule has 0 spiro atoms. The van der Waals surface area contributed by atoms with Gasteiger partial charge in [0.2, 0.25) is 5.91 Å². The van der Waals surface area contributed by atoms with E-state index in [4.69, 9.17) is 11.6 Å². The molecule has 118 valence electrons. The number of anilines is 1. The smallest absolute Gasteiger partial charge is 0.238 e. The maximum absolute atomic E-state index is 12.2. The number of carbonyl (C=O) groups excluding carboxylic acids is 1. The molecule has 0 fully saturated rings. The number of benzene rings is 1. The van der Waals surface area contributed by atoms with Crippen molar-refractivity contribution in [2.75, 3.05) is 25.5 Å². The predicted molar refractivity (Wildman–Crippen MR) is 87.4 cm³/mol. The van der Waals surface area contributed by atoms with Gasteiger partial charge >= 0.3 is 0 Å². The number of hydrogen-bond donors (Lipinski definition) is 1. The Bertz CT molecular complexity index is 614. The van der Waals surface area contributed by atoms with E-state index < -0.39 is 0 Å². The number of nitrogens with one attached hydrogen (secondary N) is 1. The molecule has 0 radical (unpaired) electrons. The topological polar surface area (TPSA) is 63.1 Å². The number of unbranched alkanes of at least 4 members (excludes halogenated alkanes) is 1. The predicted octanol–water partition coefficient (Wildman–Crippen LogP) is 2.59. The summed E-state index contributed by atoms with van der Waals surface area (Å²) in [5.41, 5.74) is 1.35. The Kier molecular flexibility index (Phi) is 5.91. The van der Waals surface area contributed by atoms with E-state index in [-0.39, 0.29) is 5.91 Å². The van der Waals surface area contributed by atoms with Crippen molar-refractivity contribution in [1.82, 2.24) is 19.7 Å². The van der Waals surface area contributed by atoms with Gasteiger partial charge in [0.1, 0.15) is 12.7 Å². The molecule has 22 heavy (non-hydrogen) atoms. The lowest BCUT2D eigenvalue weighted by Gasteiger charge is -2.17. The zero-order valence-electron chi connectivity index (χ0n) is 12.8. The van der Waals surface area contributed by atoms with E-state index in [1.807, 2.05) is 11.9 Å². The molecule has 0 atom stereocenters. The second kappa shape index (κ2) is 7.91. The number of halogens is 1. The number of aromatic nitrogens is 3. The summed E-state index contributed by atoms with van der Waals surface area (Å²) < 4.78 is 1.59. The SMILES string of the molecule is CCCCN(C)CC(=O)Nc1cc(Cl)ccc1-n1cncn1. The average molecular weight is 322 g/mol. The van der Waals surface area contributed by atoms with Gasteiger partial charge in [-0.25, -0.2) is 9.67 Å². The summed E-state index contributed by atoms with van der Waals surface area (Å²) in [4.78, 5) is 18.1. The van der Waals surface area contributed by atoms with Crippen LogP contribution in [0.25, 0.3) is 5.69 Å². The molecular formula is C15H20ClN5O. The minimum absolute atomic E-state index is 0.0813. The normalized spacial score (nSPS) is 10.9. The summed E-state index contributed by atoms with van der Waals surface area (Å²) in [6.07, 6.45) is 5.20. The van der Waals surface area contributed by atoms with E-state index in [1.54, 1.807) is 29.2 Å². The van der Waals surface area contributed by atoms with Gasteiger partial charge in [0.25, 0.3) is 0 Å². The molecule has 1 aromatic heterocycles. The first-order chi connectivity index (χ1) is 10.6. The van der Waals surface area contributed by atoms with Crippen molar-refractivity contribution in [3.05, 3.63) is 35.9 Å². The van der Waals surface area contributed by atoms with Gasteiger partial charge in [0.05, 0.1) is 17.9 Å². The highest BCUT2D eigenvalue weighted by Gasteiger charge is 2.11. The molecule has 0 saturated heterocycles. The first-order valence-electron chi connectivity index (χ1n) is 7.23. The minimum Gasteiger partial charge on any atom is -0.323 e. The Morgan fingerprint density at radius 3 is 2.95 bits per heavy atom. The molecule has 2 rings (SSSR count). The summed E-state index contributed by atoms with van der Waals surface area (Å²) >= 11 is 6.03. The Morgan fingerprint density at radius 1 is 1.45 bits per heavy atom. The first-order valence-corrected chi connectivity index (χ1v) is 7.61. The molecule has 0 aliphatic rings. The van der Waals surface area contributed by atoms with E-state index >= 15 is 0 Å². The van der Waals surface area contributed by atoms with E-state index in [9.17, 15) is 4.79 Å². The van der Waals surface area contributed by atoms with Gasteiger partial charge < -0.3 is 5.32 Å². The zero-order valence-corrected chi connectivity index (χ0v) is 13.5. The summed E-state index contributed by atoms with van der Waals surface area (Å²) in [5.74, 6) is -0.0813. The molecule has 6 nitrogen and oxygen atoms in total. The van der Waals surface area contributed by atoms with Gasteiger partial charge in [0, 0.05) is 5.02 Å². The average Bonchev–Trinajstić information content (AvgIpc) is 2.99. The van der Waals surface area contributed by atoms with Crippen molar-refractivity contribution in [2.45, 2.75) is 19.8 Å². The first kappa shape index (κ1) is 16.5. The van der Waals surface area contributed by atoms with E-state index in [1.165, 1.54) is 6.33 Å². The molecule has 1 aromatic carbocycles. The van der Waals surface area contributed by atoms with Crippen LogP contribution >= 0.6 is 11.6 Å². The lowest BCUT2D eigenvalue weighted by atomic mass is 10.2. The zero-order chi connectivity index (χ0) is 15.9. The van der Waals surface area contributed by atoms with Crippen LogP contribution in [0.3, 0.4) is 0 Å². The molecule has 2 aromatic rings. The maximum atomic E-state index is 12.2. The van der Waals surface area contributed by atoms with Crippen molar-refractivity contribution in [1.29, 1.82) is 0 Å². The van der Waals surface area contributed by atoms with Crippen LogP contribution in [0.2, 0.25) is 5.02 Å². The van der Waals surface area contributed by atoms with Gasteiger partial charge in [-0.15, -0.1) is 0 Å². The molecule has 0 aliphatic carbocycles. The fourth-order valence-electron chi connectivity index (χ4n) is 2.08. The van der Waals surface area contributed by atoms with Crippen LogP contribution < -0.4 is 5.32 Å². The molecule has 1 amide bonds. The molecule has 1 N–H and O–H groups in total. The molecule has 7 heteroatoms. The minimum atomic E-state index is -0.0813. The monoisotopic (exact) mass is 321 g/mol. The van der Waals surface area contributed by atoms with Crippen LogP contribution in [0.4, 0.5) is 5.69 Å². The van der Waals surface area contributed by atoms with E-state index in [0.717, 1.165) is 25.1 Å². The van der Waals surface area contributed by atoms with Crippen LogP contribution in [0.1, 0.15) is 19.8 Å². The number of hydrogen-bond acceptors (Lipinski definition) is 4. The van der Waals surface area contributed by atoms with Crippen molar-refractivity contribution >= 4 is 23.2 Å². The Balaban J connectivity index is 2.08. The molecule has 0 unspecified atom stereocenters.